The van der Waals surface area contributed by atoms with Gasteiger partial charge in [0.15, 0.2) is 11.5 Å². The fourth-order valence-corrected chi connectivity index (χ4v) is 4.69. The van der Waals surface area contributed by atoms with Gasteiger partial charge in [-0.25, -0.2) is 15.0 Å². The van der Waals surface area contributed by atoms with Crippen molar-refractivity contribution in [3.63, 3.8) is 0 Å². The molecule has 0 aliphatic heterocycles. The molecule has 0 atom stereocenters. The molecule has 8 heteroatoms. The molecule has 4 heterocycles. The molecular formula is C33H27N7O. The van der Waals surface area contributed by atoms with E-state index in [0.717, 1.165) is 27.7 Å². The Bertz CT molecular complexity index is 1950. The molecule has 0 unspecified atom stereocenters. The quantitative estimate of drug-likeness (QED) is 0.199. The molecule has 4 N–H and O–H groups in total. The standard InChI is InChI=1S/C33H27N7O/c1-2-26(11-6-7-16-37-33(41)23-9-4-3-5-10-23)40-31(27-12-8-17-36-30(27)34)39-29-20-25(21-38-32(29)40)24-14-13-22-15-18-35-28(22)19-24/h2-15,17-21,35H,1,16H2,(H2,34,36)(H,37,41). The number of pyridine rings is 2. The predicted molar refractivity (Wildman–Crippen MR) is 165 cm³/mol. The Balaban J connectivity index is 1.36. The highest BCUT2D eigenvalue weighted by Gasteiger charge is 2.18. The number of nitrogen functional groups attached to an aromatic ring is 1. The molecule has 41 heavy (non-hydrogen) atoms. The number of hydrogen-bond acceptors (Lipinski definition) is 5. The summed E-state index contributed by atoms with van der Waals surface area (Å²) in [5, 5.41) is 4.04. The van der Waals surface area contributed by atoms with Crippen molar-refractivity contribution in [1.82, 2.24) is 29.8 Å². The number of aromatic nitrogens is 5. The number of allylic oxidation sites excluding steroid dienone is 4. The van der Waals surface area contributed by atoms with Crippen molar-refractivity contribution in [3.8, 4) is 22.5 Å². The highest BCUT2D eigenvalue weighted by atomic mass is 16.1. The van der Waals surface area contributed by atoms with Gasteiger partial charge in [-0.3, -0.25) is 9.36 Å². The number of nitrogens with two attached hydrogens (primary N) is 1. The van der Waals surface area contributed by atoms with E-state index < -0.39 is 0 Å². The SMILES string of the molecule is C=CC(=CC=CCNC(=O)c1ccccc1)n1c(-c2cccnc2N)nc2cc(-c3ccc4cc[nH]c4c3)cnc21. The Labute approximate surface area is 236 Å². The van der Waals surface area contributed by atoms with Crippen molar-refractivity contribution < 1.29 is 4.79 Å². The Hall–Kier alpha value is -5.76. The number of amides is 1. The molecule has 0 bridgehead atoms. The summed E-state index contributed by atoms with van der Waals surface area (Å²) in [6, 6.07) is 23.1. The largest absolute Gasteiger partial charge is 0.383 e. The number of carbonyl (C=O) groups excluding carboxylic acids is 1. The van der Waals surface area contributed by atoms with Gasteiger partial charge in [0.05, 0.1) is 5.56 Å². The number of H-pyrrole nitrogens is 1. The third kappa shape index (κ3) is 5.14. The molecule has 0 aliphatic carbocycles. The molecular weight excluding hydrogens is 510 g/mol. The van der Waals surface area contributed by atoms with E-state index in [1.807, 2.05) is 77.7 Å². The summed E-state index contributed by atoms with van der Waals surface area (Å²) in [6.07, 6.45) is 12.8. The highest BCUT2D eigenvalue weighted by Crippen LogP contribution is 2.32. The first-order valence-electron chi connectivity index (χ1n) is 13.1. The molecule has 0 aliphatic rings. The van der Waals surface area contributed by atoms with Gasteiger partial charge in [0.1, 0.15) is 11.3 Å². The molecule has 0 saturated carbocycles. The third-order valence-corrected chi connectivity index (χ3v) is 6.75. The number of benzene rings is 2. The minimum atomic E-state index is -0.131. The van der Waals surface area contributed by atoms with E-state index in [9.17, 15) is 4.79 Å². The molecule has 0 spiro atoms. The van der Waals surface area contributed by atoms with E-state index in [1.54, 1.807) is 24.4 Å². The highest BCUT2D eigenvalue weighted by molar-refractivity contribution is 5.94. The zero-order chi connectivity index (χ0) is 28.2. The van der Waals surface area contributed by atoms with Gasteiger partial charge in [0, 0.05) is 47.5 Å². The minimum absolute atomic E-state index is 0.131. The zero-order valence-electron chi connectivity index (χ0n) is 22.2. The monoisotopic (exact) mass is 537 g/mol. The number of hydrogen-bond donors (Lipinski definition) is 3. The van der Waals surface area contributed by atoms with Crippen LogP contribution in [0.2, 0.25) is 0 Å². The fraction of sp³-hybridized carbons (Fsp3) is 0.0303. The molecule has 1 amide bonds. The van der Waals surface area contributed by atoms with Gasteiger partial charge in [-0.1, -0.05) is 49.1 Å². The van der Waals surface area contributed by atoms with E-state index >= 15 is 0 Å². The smallest absolute Gasteiger partial charge is 0.251 e. The molecule has 2 aromatic carbocycles. The number of aromatic amines is 1. The minimum Gasteiger partial charge on any atom is -0.383 e. The summed E-state index contributed by atoms with van der Waals surface area (Å²) in [5.74, 6) is 0.838. The van der Waals surface area contributed by atoms with Crippen molar-refractivity contribution >= 4 is 39.5 Å². The van der Waals surface area contributed by atoms with Crippen LogP contribution in [0.4, 0.5) is 5.82 Å². The van der Waals surface area contributed by atoms with Crippen LogP contribution in [0, 0.1) is 0 Å². The first-order valence-corrected chi connectivity index (χ1v) is 13.1. The maximum absolute atomic E-state index is 12.3. The first kappa shape index (κ1) is 25.5. The fourth-order valence-electron chi connectivity index (χ4n) is 4.69. The topological polar surface area (TPSA) is 115 Å². The number of rotatable bonds is 8. The van der Waals surface area contributed by atoms with Crippen LogP contribution in [-0.2, 0) is 0 Å². The Morgan fingerprint density at radius 2 is 1.90 bits per heavy atom. The third-order valence-electron chi connectivity index (χ3n) is 6.75. The molecule has 200 valence electrons. The summed E-state index contributed by atoms with van der Waals surface area (Å²) >= 11 is 0. The van der Waals surface area contributed by atoms with Gasteiger partial charge in [0.25, 0.3) is 5.91 Å². The summed E-state index contributed by atoms with van der Waals surface area (Å²) in [4.78, 5) is 29.6. The number of carbonyl (C=O) groups is 1. The maximum atomic E-state index is 12.3. The lowest BCUT2D eigenvalue weighted by molar-refractivity contribution is 0.0958. The van der Waals surface area contributed by atoms with Crippen molar-refractivity contribution in [1.29, 1.82) is 0 Å². The molecule has 0 saturated heterocycles. The number of anilines is 1. The second-order valence-corrected chi connectivity index (χ2v) is 9.35. The van der Waals surface area contributed by atoms with E-state index in [1.165, 1.54) is 0 Å². The lowest BCUT2D eigenvalue weighted by atomic mass is 10.1. The van der Waals surface area contributed by atoms with Gasteiger partial charge >= 0.3 is 0 Å². The summed E-state index contributed by atoms with van der Waals surface area (Å²) in [5.41, 5.74) is 12.7. The van der Waals surface area contributed by atoms with Crippen LogP contribution < -0.4 is 11.1 Å². The lowest BCUT2D eigenvalue weighted by Gasteiger charge is -2.10. The molecule has 4 aromatic heterocycles. The number of imidazole rings is 1. The van der Waals surface area contributed by atoms with E-state index in [2.05, 4.69) is 40.1 Å². The van der Waals surface area contributed by atoms with Crippen LogP contribution in [0.3, 0.4) is 0 Å². The van der Waals surface area contributed by atoms with Crippen LogP contribution >= 0.6 is 0 Å². The van der Waals surface area contributed by atoms with Gasteiger partial charge in [0.2, 0.25) is 0 Å². The van der Waals surface area contributed by atoms with E-state index in [4.69, 9.17) is 15.7 Å². The molecule has 6 aromatic rings. The number of nitrogens with one attached hydrogen (secondary N) is 2. The predicted octanol–water partition coefficient (Wildman–Crippen LogP) is 6.24. The molecule has 8 nitrogen and oxygen atoms in total. The molecule has 0 fully saturated rings. The van der Waals surface area contributed by atoms with Gasteiger partial charge in [-0.15, -0.1) is 0 Å². The van der Waals surface area contributed by atoms with Crippen molar-refractivity contribution in [2.45, 2.75) is 0 Å². The van der Waals surface area contributed by atoms with Gasteiger partial charge in [-0.05, 0) is 65.6 Å². The van der Waals surface area contributed by atoms with Gasteiger partial charge in [-0.2, -0.15) is 0 Å². The number of nitrogens with zero attached hydrogens (tertiary/aromatic N) is 4. The molecule has 0 radical (unpaired) electrons. The zero-order valence-corrected chi connectivity index (χ0v) is 22.2. The Morgan fingerprint density at radius 3 is 2.73 bits per heavy atom. The van der Waals surface area contributed by atoms with Gasteiger partial charge < -0.3 is 16.0 Å². The average molecular weight is 538 g/mol. The van der Waals surface area contributed by atoms with Crippen molar-refractivity contribution in [3.05, 3.63) is 128 Å². The summed E-state index contributed by atoms with van der Waals surface area (Å²) in [6.45, 7) is 4.41. The van der Waals surface area contributed by atoms with Crippen molar-refractivity contribution in [2.75, 3.05) is 12.3 Å². The Morgan fingerprint density at radius 1 is 1.02 bits per heavy atom. The lowest BCUT2D eigenvalue weighted by Crippen LogP contribution is -2.23. The Kier molecular flexibility index (Phi) is 6.94. The van der Waals surface area contributed by atoms with Crippen LogP contribution in [0.1, 0.15) is 10.4 Å². The van der Waals surface area contributed by atoms with E-state index in [0.29, 0.717) is 40.5 Å². The second-order valence-electron chi connectivity index (χ2n) is 9.35. The summed E-state index contributed by atoms with van der Waals surface area (Å²) in [7, 11) is 0. The summed E-state index contributed by atoms with van der Waals surface area (Å²) < 4.78 is 1.92. The normalized spacial score (nSPS) is 11.9. The van der Waals surface area contributed by atoms with Crippen LogP contribution in [-0.4, -0.2) is 37.0 Å². The number of fused-ring (bicyclic) bond motifs is 2. The van der Waals surface area contributed by atoms with Crippen molar-refractivity contribution in [2.24, 2.45) is 0 Å². The van der Waals surface area contributed by atoms with E-state index in [-0.39, 0.29) is 5.91 Å². The van der Waals surface area contributed by atoms with Crippen LogP contribution in [0.5, 0.6) is 0 Å². The average Bonchev–Trinajstić information content (AvgIpc) is 3.63. The second kappa shape index (κ2) is 11.2. The van der Waals surface area contributed by atoms with Crippen LogP contribution in [0.25, 0.3) is 50.3 Å². The first-order chi connectivity index (χ1) is 20.1. The molecule has 6 rings (SSSR count). The van der Waals surface area contributed by atoms with Crippen LogP contribution in [0.15, 0.2) is 122 Å². The maximum Gasteiger partial charge on any atom is 0.251 e.